The van der Waals surface area contributed by atoms with Gasteiger partial charge in [0.1, 0.15) is 6.61 Å². The molecule has 2 rings (SSSR count). The first-order valence-electron chi connectivity index (χ1n) is 4.09. The molecule has 2 heterocycles. The minimum absolute atomic E-state index is 0.0585. The fraction of sp³-hybridized carbons (Fsp3) is 0.333. The van der Waals surface area contributed by atoms with E-state index in [1.807, 2.05) is 0 Å². The third kappa shape index (κ3) is 1.40. The van der Waals surface area contributed by atoms with Gasteiger partial charge in [-0.15, -0.1) is 0 Å². The quantitative estimate of drug-likeness (QED) is 0.641. The van der Waals surface area contributed by atoms with E-state index in [2.05, 4.69) is 4.98 Å². The molecule has 1 aliphatic rings. The lowest BCUT2D eigenvalue weighted by molar-refractivity contribution is 0.0788. The van der Waals surface area contributed by atoms with Gasteiger partial charge in [-0.2, -0.15) is 0 Å². The molecule has 4 heteroatoms. The summed E-state index contributed by atoms with van der Waals surface area (Å²) in [5.41, 5.74) is 1.87. The predicted molar refractivity (Wildman–Crippen MR) is 45.0 cm³/mol. The van der Waals surface area contributed by atoms with Gasteiger partial charge in [0.05, 0.1) is 12.3 Å². The largest absolute Gasteiger partial charge is 0.373 e. The van der Waals surface area contributed by atoms with E-state index in [9.17, 15) is 9.59 Å². The van der Waals surface area contributed by atoms with Gasteiger partial charge in [0.25, 0.3) is 0 Å². The molecule has 68 valence electrons. The van der Waals surface area contributed by atoms with Crippen molar-refractivity contribution < 1.29 is 14.3 Å². The van der Waals surface area contributed by atoms with Crippen molar-refractivity contribution in [2.45, 2.75) is 6.42 Å². The number of Topliss-reactive ketones (excluding diaryl/α,β-unsaturated/α-hetero) is 1. The summed E-state index contributed by atoms with van der Waals surface area (Å²) in [6.07, 6.45) is 1.37. The van der Waals surface area contributed by atoms with Crippen molar-refractivity contribution >= 4 is 12.1 Å². The van der Waals surface area contributed by atoms with Crippen LogP contribution in [-0.4, -0.2) is 30.3 Å². The Bertz CT molecular complexity index is 354. The first kappa shape index (κ1) is 8.19. The Morgan fingerprint density at radius 2 is 2.38 bits per heavy atom. The number of hydrogen-bond donors (Lipinski definition) is 1. The van der Waals surface area contributed by atoms with Gasteiger partial charge in [-0.05, 0) is 6.07 Å². The topological polar surface area (TPSA) is 59.2 Å². The molecular formula is C9H9NO3. The van der Waals surface area contributed by atoms with Crippen molar-refractivity contribution in [2.75, 3.05) is 13.2 Å². The molecule has 13 heavy (non-hydrogen) atoms. The van der Waals surface area contributed by atoms with Crippen LogP contribution in [0.5, 0.6) is 0 Å². The van der Waals surface area contributed by atoms with Gasteiger partial charge in [-0.3, -0.25) is 9.59 Å². The SMILES string of the molecule is O=Cc1cc2c([nH]1)CCOCC2=O. The lowest BCUT2D eigenvalue weighted by atomic mass is 10.1. The summed E-state index contributed by atoms with van der Waals surface area (Å²) in [7, 11) is 0. The minimum atomic E-state index is -0.0585. The second-order valence-electron chi connectivity index (χ2n) is 2.96. The van der Waals surface area contributed by atoms with E-state index in [1.54, 1.807) is 6.07 Å². The van der Waals surface area contributed by atoms with Gasteiger partial charge in [-0.25, -0.2) is 0 Å². The standard InChI is InChI=1S/C9H9NO3/c11-4-6-3-7-8(10-6)1-2-13-5-9(7)12/h3-4,10H,1-2,5H2. The van der Waals surface area contributed by atoms with Crippen LogP contribution >= 0.6 is 0 Å². The van der Waals surface area contributed by atoms with Crippen LogP contribution in [0.1, 0.15) is 26.5 Å². The number of ether oxygens (including phenoxy) is 1. The molecule has 0 radical (unpaired) electrons. The van der Waals surface area contributed by atoms with E-state index in [0.717, 1.165) is 5.69 Å². The molecule has 1 aromatic heterocycles. The van der Waals surface area contributed by atoms with E-state index in [4.69, 9.17) is 4.74 Å². The zero-order valence-corrected chi connectivity index (χ0v) is 7.00. The summed E-state index contributed by atoms with van der Waals surface area (Å²) in [5.74, 6) is -0.0585. The molecule has 0 fully saturated rings. The van der Waals surface area contributed by atoms with Crippen LogP contribution < -0.4 is 0 Å². The summed E-state index contributed by atoms with van der Waals surface area (Å²) in [4.78, 5) is 24.7. The third-order valence-electron chi connectivity index (χ3n) is 2.08. The Labute approximate surface area is 74.9 Å². The van der Waals surface area contributed by atoms with E-state index >= 15 is 0 Å². The average Bonchev–Trinajstić information content (AvgIpc) is 2.48. The number of hydrogen-bond acceptors (Lipinski definition) is 3. The number of H-pyrrole nitrogens is 1. The number of aromatic amines is 1. The molecule has 0 aromatic carbocycles. The number of ketones is 1. The van der Waals surface area contributed by atoms with E-state index in [1.165, 1.54) is 0 Å². The van der Waals surface area contributed by atoms with Gasteiger partial charge in [-0.1, -0.05) is 0 Å². The zero-order valence-electron chi connectivity index (χ0n) is 7.00. The minimum Gasteiger partial charge on any atom is -0.373 e. The van der Waals surface area contributed by atoms with Gasteiger partial charge in [0.15, 0.2) is 12.1 Å². The van der Waals surface area contributed by atoms with Crippen LogP contribution in [0.2, 0.25) is 0 Å². The van der Waals surface area contributed by atoms with Crippen LogP contribution in [0.4, 0.5) is 0 Å². The summed E-state index contributed by atoms with van der Waals surface area (Å²) < 4.78 is 5.06. The normalized spacial score (nSPS) is 16.5. The summed E-state index contributed by atoms with van der Waals surface area (Å²) in [5, 5.41) is 0. The number of aldehydes is 1. The van der Waals surface area contributed by atoms with E-state index in [0.29, 0.717) is 30.6 Å². The molecule has 1 aromatic rings. The molecule has 0 amide bonds. The second kappa shape index (κ2) is 3.14. The number of fused-ring (bicyclic) bond motifs is 1. The second-order valence-corrected chi connectivity index (χ2v) is 2.96. The Kier molecular flexibility index (Phi) is 1.98. The molecular weight excluding hydrogens is 170 g/mol. The molecule has 0 aliphatic carbocycles. The Hall–Kier alpha value is -1.42. The molecule has 4 nitrogen and oxygen atoms in total. The van der Waals surface area contributed by atoms with Gasteiger partial charge < -0.3 is 9.72 Å². The molecule has 0 unspecified atom stereocenters. The zero-order chi connectivity index (χ0) is 9.26. The van der Waals surface area contributed by atoms with E-state index < -0.39 is 0 Å². The Morgan fingerprint density at radius 1 is 1.54 bits per heavy atom. The molecule has 0 atom stereocenters. The highest BCUT2D eigenvalue weighted by Crippen LogP contribution is 2.14. The van der Waals surface area contributed by atoms with Gasteiger partial charge in [0, 0.05) is 17.7 Å². The number of rotatable bonds is 1. The van der Waals surface area contributed by atoms with Gasteiger partial charge in [0.2, 0.25) is 0 Å². The van der Waals surface area contributed by atoms with Crippen LogP contribution in [0.3, 0.4) is 0 Å². The number of carbonyl (C=O) groups excluding carboxylic acids is 2. The lowest BCUT2D eigenvalue weighted by Crippen LogP contribution is -2.05. The van der Waals surface area contributed by atoms with Crippen molar-refractivity contribution in [3.8, 4) is 0 Å². The van der Waals surface area contributed by atoms with Gasteiger partial charge >= 0.3 is 0 Å². The van der Waals surface area contributed by atoms with Crippen molar-refractivity contribution in [1.82, 2.24) is 4.98 Å². The average molecular weight is 179 g/mol. The van der Waals surface area contributed by atoms with Crippen molar-refractivity contribution in [1.29, 1.82) is 0 Å². The maximum Gasteiger partial charge on any atom is 0.190 e. The Balaban J connectivity index is 2.44. The van der Waals surface area contributed by atoms with Crippen molar-refractivity contribution in [3.63, 3.8) is 0 Å². The first-order valence-corrected chi connectivity index (χ1v) is 4.09. The fourth-order valence-corrected chi connectivity index (χ4v) is 1.45. The molecule has 0 saturated heterocycles. The summed E-state index contributed by atoms with van der Waals surface area (Å²) in [6, 6.07) is 1.58. The highest BCUT2D eigenvalue weighted by molar-refractivity contribution is 5.99. The predicted octanol–water partition coefficient (Wildman–Crippen LogP) is 0.583. The molecule has 0 saturated carbocycles. The number of aromatic nitrogens is 1. The first-order chi connectivity index (χ1) is 6.31. The van der Waals surface area contributed by atoms with Crippen LogP contribution in [0.15, 0.2) is 6.07 Å². The van der Waals surface area contributed by atoms with Crippen molar-refractivity contribution in [2.24, 2.45) is 0 Å². The number of nitrogens with one attached hydrogen (secondary N) is 1. The third-order valence-corrected chi connectivity index (χ3v) is 2.08. The fourth-order valence-electron chi connectivity index (χ4n) is 1.45. The van der Waals surface area contributed by atoms with Crippen LogP contribution in [-0.2, 0) is 11.2 Å². The lowest BCUT2D eigenvalue weighted by Gasteiger charge is -1.93. The smallest absolute Gasteiger partial charge is 0.190 e. The van der Waals surface area contributed by atoms with E-state index in [-0.39, 0.29) is 12.4 Å². The van der Waals surface area contributed by atoms with Crippen molar-refractivity contribution in [3.05, 3.63) is 23.0 Å². The highest BCUT2D eigenvalue weighted by Gasteiger charge is 2.18. The number of carbonyl (C=O) groups is 2. The van der Waals surface area contributed by atoms with Crippen LogP contribution in [0.25, 0.3) is 0 Å². The summed E-state index contributed by atoms with van der Waals surface area (Å²) >= 11 is 0. The molecule has 1 aliphatic heterocycles. The summed E-state index contributed by atoms with van der Waals surface area (Å²) in [6.45, 7) is 0.640. The molecule has 0 bridgehead atoms. The maximum atomic E-state index is 11.4. The monoisotopic (exact) mass is 179 g/mol. The molecule has 1 N–H and O–H groups in total. The Morgan fingerprint density at radius 3 is 3.15 bits per heavy atom. The highest BCUT2D eigenvalue weighted by atomic mass is 16.5. The molecule has 0 spiro atoms. The van der Waals surface area contributed by atoms with Crippen LogP contribution in [0, 0.1) is 0 Å². The maximum absolute atomic E-state index is 11.4.